The molecule has 24 heavy (non-hydrogen) atoms. The van der Waals surface area contributed by atoms with Crippen LogP contribution in [0.25, 0.3) is 11.3 Å². The normalized spacial score (nSPS) is 24.6. The Hall–Kier alpha value is -2.14. The van der Waals surface area contributed by atoms with Crippen LogP contribution in [0.15, 0.2) is 36.5 Å². The molecule has 2 aliphatic rings. The van der Waals surface area contributed by atoms with Crippen LogP contribution in [0, 0.1) is 0 Å². The van der Waals surface area contributed by atoms with Crippen LogP contribution < -0.4 is 0 Å². The van der Waals surface area contributed by atoms with E-state index in [4.69, 9.17) is 0 Å². The molecular weight excluding hydrogens is 300 g/mol. The summed E-state index contributed by atoms with van der Waals surface area (Å²) in [4.78, 5) is 17.7. The van der Waals surface area contributed by atoms with E-state index in [9.17, 15) is 4.79 Å². The lowest BCUT2D eigenvalue weighted by molar-refractivity contribution is 0.0665. The van der Waals surface area contributed by atoms with Gasteiger partial charge in [0.2, 0.25) is 0 Å². The average Bonchev–Trinajstić information content (AvgIpc) is 3.34. The zero-order valence-corrected chi connectivity index (χ0v) is 14.1. The Bertz CT molecular complexity index is 711. The number of carbonyl (C=O) groups is 1. The highest BCUT2D eigenvalue weighted by Crippen LogP contribution is 2.31. The number of likely N-dealkylation sites (tertiary alicyclic amines) is 2. The van der Waals surface area contributed by atoms with E-state index in [-0.39, 0.29) is 5.91 Å². The Kier molecular flexibility index (Phi) is 4.10. The van der Waals surface area contributed by atoms with Crippen LogP contribution in [0.2, 0.25) is 0 Å². The van der Waals surface area contributed by atoms with Gasteiger partial charge in [0.25, 0.3) is 5.91 Å². The average molecular weight is 324 g/mol. The van der Waals surface area contributed by atoms with Gasteiger partial charge < -0.3 is 9.80 Å². The fourth-order valence-electron chi connectivity index (χ4n) is 4.29. The van der Waals surface area contributed by atoms with E-state index >= 15 is 0 Å². The second kappa shape index (κ2) is 6.40. The van der Waals surface area contributed by atoms with Gasteiger partial charge in [0, 0.05) is 24.2 Å². The first-order valence-electron chi connectivity index (χ1n) is 8.85. The lowest BCUT2D eigenvalue weighted by Gasteiger charge is -2.33. The third-order valence-electron chi connectivity index (χ3n) is 5.51. The third-order valence-corrected chi connectivity index (χ3v) is 5.51. The maximum absolute atomic E-state index is 13.2. The van der Waals surface area contributed by atoms with E-state index in [1.165, 1.54) is 12.8 Å². The lowest BCUT2D eigenvalue weighted by atomic mass is 10.0. The Labute approximate surface area is 142 Å². The van der Waals surface area contributed by atoms with Crippen molar-refractivity contribution >= 4 is 5.91 Å². The third kappa shape index (κ3) is 2.63. The smallest absolute Gasteiger partial charge is 0.257 e. The SMILES string of the molecule is CN1CCC[C@H]1[C@@H]1CCCN1C(=O)c1cn[nH]c1-c1ccccc1. The summed E-state index contributed by atoms with van der Waals surface area (Å²) in [7, 11) is 2.19. The number of carbonyl (C=O) groups excluding carboxylic acids is 1. The standard InChI is InChI=1S/C19H24N4O/c1-22-11-5-9-16(22)17-10-6-12-23(17)19(24)15-13-20-21-18(15)14-7-3-2-4-8-14/h2-4,7-8,13,16-17H,5-6,9-12H2,1H3,(H,20,21)/t16-,17-/m0/s1. The number of rotatable bonds is 3. The summed E-state index contributed by atoms with van der Waals surface area (Å²) in [6, 6.07) is 10.8. The van der Waals surface area contributed by atoms with Gasteiger partial charge in [-0.25, -0.2) is 0 Å². The molecule has 4 rings (SSSR count). The summed E-state index contributed by atoms with van der Waals surface area (Å²) in [6.45, 7) is 2.00. The lowest BCUT2D eigenvalue weighted by Crippen LogP contribution is -2.47. The van der Waals surface area contributed by atoms with E-state index in [0.29, 0.717) is 17.6 Å². The van der Waals surface area contributed by atoms with Gasteiger partial charge in [-0.15, -0.1) is 0 Å². The van der Waals surface area contributed by atoms with E-state index in [2.05, 4.69) is 27.0 Å². The number of likely N-dealkylation sites (N-methyl/N-ethyl adjacent to an activating group) is 1. The van der Waals surface area contributed by atoms with Gasteiger partial charge in [-0.3, -0.25) is 9.89 Å². The van der Waals surface area contributed by atoms with Gasteiger partial charge in [0.1, 0.15) is 0 Å². The highest BCUT2D eigenvalue weighted by molar-refractivity contribution is 6.00. The van der Waals surface area contributed by atoms with Crippen LogP contribution >= 0.6 is 0 Å². The summed E-state index contributed by atoms with van der Waals surface area (Å²) < 4.78 is 0. The van der Waals surface area contributed by atoms with Gasteiger partial charge in [-0.05, 0) is 39.3 Å². The zero-order valence-electron chi connectivity index (χ0n) is 14.1. The molecule has 2 saturated heterocycles. The Morgan fingerprint density at radius 2 is 1.88 bits per heavy atom. The monoisotopic (exact) mass is 324 g/mol. The largest absolute Gasteiger partial charge is 0.334 e. The van der Waals surface area contributed by atoms with Crippen molar-refractivity contribution in [3.8, 4) is 11.3 Å². The molecule has 1 N–H and O–H groups in total. The van der Waals surface area contributed by atoms with Crippen molar-refractivity contribution in [2.24, 2.45) is 0 Å². The van der Waals surface area contributed by atoms with Gasteiger partial charge in [0.15, 0.2) is 0 Å². The van der Waals surface area contributed by atoms with Crippen molar-refractivity contribution in [2.75, 3.05) is 20.1 Å². The molecular formula is C19H24N4O. The molecule has 5 heteroatoms. The molecule has 1 aromatic heterocycles. The zero-order chi connectivity index (χ0) is 16.5. The molecule has 1 amide bonds. The van der Waals surface area contributed by atoms with Gasteiger partial charge in [-0.1, -0.05) is 30.3 Å². The molecule has 2 fully saturated rings. The number of H-pyrrole nitrogens is 1. The molecule has 0 saturated carbocycles. The minimum absolute atomic E-state index is 0.116. The summed E-state index contributed by atoms with van der Waals surface area (Å²) in [5, 5.41) is 7.16. The first-order chi connectivity index (χ1) is 11.8. The van der Waals surface area contributed by atoms with Crippen molar-refractivity contribution < 1.29 is 4.79 Å². The highest BCUT2D eigenvalue weighted by atomic mass is 16.2. The summed E-state index contributed by atoms with van der Waals surface area (Å²) in [6.07, 6.45) is 6.32. The van der Waals surface area contributed by atoms with E-state index in [0.717, 1.165) is 37.2 Å². The van der Waals surface area contributed by atoms with Gasteiger partial charge in [-0.2, -0.15) is 5.10 Å². The first kappa shape index (κ1) is 15.4. The van der Waals surface area contributed by atoms with Crippen molar-refractivity contribution in [3.05, 3.63) is 42.1 Å². The second-order valence-electron chi connectivity index (χ2n) is 6.92. The topological polar surface area (TPSA) is 52.2 Å². The number of hydrogen-bond donors (Lipinski definition) is 1. The molecule has 5 nitrogen and oxygen atoms in total. The Morgan fingerprint density at radius 1 is 1.12 bits per heavy atom. The van der Waals surface area contributed by atoms with Crippen LogP contribution in [0.4, 0.5) is 0 Å². The fourth-order valence-corrected chi connectivity index (χ4v) is 4.29. The van der Waals surface area contributed by atoms with Crippen molar-refractivity contribution in [2.45, 2.75) is 37.8 Å². The van der Waals surface area contributed by atoms with Crippen LogP contribution in [0.3, 0.4) is 0 Å². The van der Waals surface area contributed by atoms with E-state index in [1.54, 1.807) is 6.20 Å². The number of nitrogens with zero attached hydrogens (tertiary/aromatic N) is 3. The number of aromatic nitrogens is 2. The molecule has 0 bridgehead atoms. The first-order valence-corrected chi connectivity index (χ1v) is 8.85. The van der Waals surface area contributed by atoms with Crippen LogP contribution in [-0.4, -0.2) is 58.1 Å². The van der Waals surface area contributed by atoms with Crippen molar-refractivity contribution in [1.29, 1.82) is 0 Å². The molecule has 0 spiro atoms. The molecule has 1 aromatic carbocycles. The molecule has 0 radical (unpaired) electrons. The van der Waals surface area contributed by atoms with Gasteiger partial charge >= 0.3 is 0 Å². The van der Waals surface area contributed by atoms with E-state index < -0.39 is 0 Å². The summed E-state index contributed by atoms with van der Waals surface area (Å²) >= 11 is 0. The van der Waals surface area contributed by atoms with Crippen LogP contribution in [0.5, 0.6) is 0 Å². The van der Waals surface area contributed by atoms with Crippen LogP contribution in [0.1, 0.15) is 36.0 Å². The Morgan fingerprint density at radius 3 is 2.62 bits per heavy atom. The molecule has 126 valence electrons. The molecule has 3 heterocycles. The molecule has 0 unspecified atom stereocenters. The molecule has 2 aliphatic heterocycles. The number of aromatic amines is 1. The van der Waals surface area contributed by atoms with E-state index in [1.807, 2.05) is 30.3 Å². The molecule has 0 aliphatic carbocycles. The maximum atomic E-state index is 13.2. The fraction of sp³-hybridized carbons (Fsp3) is 0.474. The number of hydrogen-bond acceptors (Lipinski definition) is 3. The molecule has 2 atom stereocenters. The predicted octanol–water partition coefficient (Wildman–Crippen LogP) is 2.78. The predicted molar refractivity (Wildman–Crippen MR) is 93.7 cm³/mol. The highest BCUT2D eigenvalue weighted by Gasteiger charge is 2.39. The van der Waals surface area contributed by atoms with Gasteiger partial charge in [0.05, 0.1) is 17.5 Å². The van der Waals surface area contributed by atoms with Crippen LogP contribution in [-0.2, 0) is 0 Å². The molecule has 2 aromatic rings. The minimum Gasteiger partial charge on any atom is -0.334 e. The quantitative estimate of drug-likeness (QED) is 0.944. The summed E-state index contributed by atoms with van der Waals surface area (Å²) in [5.74, 6) is 0.116. The van der Waals surface area contributed by atoms with Crippen molar-refractivity contribution in [3.63, 3.8) is 0 Å². The Balaban J connectivity index is 1.61. The second-order valence-corrected chi connectivity index (χ2v) is 6.92. The van der Waals surface area contributed by atoms with Crippen molar-refractivity contribution in [1.82, 2.24) is 20.0 Å². The number of benzene rings is 1. The number of nitrogens with one attached hydrogen (secondary N) is 1. The maximum Gasteiger partial charge on any atom is 0.257 e. The summed E-state index contributed by atoms with van der Waals surface area (Å²) in [5.41, 5.74) is 2.52. The number of amides is 1. The minimum atomic E-state index is 0.116.